The van der Waals surface area contributed by atoms with Gasteiger partial charge in [-0.15, -0.1) is 11.8 Å². The Balaban J connectivity index is 1.79. The van der Waals surface area contributed by atoms with Crippen LogP contribution in [0.1, 0.15) is 0 Å². The number of hydrogen-bond acceptors (Lipinski definition) is 3. The van der Waals surface area contributed by atoms with E-state index in [-0.39, 0.29) is 0 Å². The van der Waals surface area contributed by atoms with Gasteiger partial charge < -0.3 is 10.5 Å². The highest BCUT2D eigenvalue weighted by Crippen LogP contribution is 2.28. The van der Waals surface area contributed by atoms with Gasteiger partial charge in [0, 0.05) is 21.4 Å². The third-order valence-electron chi connectivity index (χ3n) is 2.38. The van der Waals surface area contributed by atoms with E-state index in [4.69, 9.17) is 33.7 Å². The van der Waals surface area contributed by atoms with Gasteiger partial charge in [0.2, 0.25) is 0 Å². The zero-order chi connectivity index (χ0) is 13.7. The van der Waals surface area contributed by atoms with Gasteiger partial charge in [0.15, 0.2) is 0 Å². The van der Waals surface area contributed by atoms with Crippen molar-refractivity contribution >= 4 is 40.7 Å². The zero-order valence-corrected chi connectivity index (χ0v) is 12.4. The van der Waals surface area contributed by atoms with E-state index in [1.54, 1.807) is 30.0 Å². The lowest BCUT2D eigenvalue weighted by Gasteiger charge is -2.08. The summed E-state index contributed by atoms with van der Waals surface area (Å²) in [6, 6.07) is 13.0. The minimum absolute atomic E-state index is 0.532. The van der Waals surface area contributed by atoms with E-state index in [1.165, 1.54) is 4.90 Å². The highest BCUT2D eigenvalue weighted by molar-refractivity contribution is 7.99. The van der Waals surface area contributed by atoms with Gasteiger partial charge in [0.25, 0.3) is 0 Å². The van der Waals surface area contributed by atoms with Crippen LogP contribution in [-0.4, -0.2) is 12.4 Å². The zero-order valence-electron chi connectivity index (χ0n) is 10.1. The fourth-order valence-corrected chi connectivity index (χ4v) is 2.66. The Morgan fingerprint density at radius 1 is 1.05 bits per heavy atom. The molecule has 100 valence electrons. The van der Waals surface area contributed by atoms with Gasteiger partial charge >= 0.3 is 0 Å². The van der Waals surface area contributed by atoms with Crippen LogP contribution in [0.15, 0.2) is 47.4 Å². The number of nitrogens with two attached hydrogens (primary N) is 1. The van der Waals surface area contributed by atoms with Crippen molar-refractivity contribution in [3.8, 4) is 5.75 Å². The second kappa shape index (κ2) is 6.94. The molecule has 0 aliphatic heterocycles. The molecule has 0 unspecified atom stereocenters. The summed E-state index contributed by atoms with van der Waals surface area (Å²) in [5.41, 5.74) is 6.40. The van der Waals surface area contributed by atoms with Crippen LogP contribution >= 0.6 is 35.0 Å². The Kier molecular flexibility index (Phi) is 5.25. The lowest BCUT2D eigenvalue weighted by Crippen LogP contribution is -2.00. The lowest BCUT2D eigenvalue weighted by molar-refractivity contribution is 0.344. The molecule has 2 N–H and O–H groups in total. The molecule has 2 aromatic carbocycles. The summed E-state index contributed by atoms with van der Waals surface area (Å²) in [6.07, 6.45) is 0. The molecule has 0 spiro atoms. The van der Waals surface area contributed by atoms with Crippen LogP contribution < -0.4 is 10.5 Å². The van der Waals surface area contributed by atoms with Crippen LogP contribution in [-0.2, 0) is 0 Å². The number of anilines is 1. The molecule has 0 amide bonds. The lowest BCUT2D eigenvalue weighted by atomic mass is 10.3. The molecule has 0 saturated carbocycles. The van der Waals surface area contributed by atoms with Crippen molar-refractivity contribution < 1.29 is 4.74 Å². The summed E-state index contributed by atoms with van der Waals surface area (Å²) in [6.45, 7) is 0.580. The number of ether oxygens (including phenoxy) is 1. The standard InChI is InChI=1S/C14H13Cl2NOS/c15-10-1-6-14(13(16)9-10)18-7-8-19-12-4-2-11(17)3-5-12/h1-6,9H,7-8,17H2. The molecular formula is C14H13Cl2NOS. The van der Waals surface area contributed by atoms with Crippen LogP contribution in [0.2, 0.25) is 10.0 Å². The number of nitrogen functional groups attached to an aromatic ring is 1. The number of rotatable bonds is 5. The molecule has 0 aliphatic rings. The molecule has 0 fully saturated rings. The molecule has 0 radical (unpaired) electrons. The van der Waals surface area contributed by atoms with Crippen LogP contribution in [0, 0.1) is 0 Å². The number of hydrogen-bond donors (Lipinski definition) is 1. The summed E-state index contributed by atoms with van der Waals surface area (Å²) in [4.78, 5) is 1.17. The van der Waals surface area contributed by atoms with E-state index in [9.17, 15) is 0 Å². The molecule has 0 heterocycles. The normalized spacial score (nSPS) is 10.4. The predicted octanol–water partition coefficient (Wildman–Crippen LogP) is 4.75. The summed E-state index contributed by atoms with van der Waals surface area (Å²) in [5.74, 6) is 1.49. The minimum atomic E-state index is 0.532. The first-order valence-corrected chi connectivity index (χ1v) is 7.45. The van der Waals surface area contributed by atoms with Crippen LogP contribution in [0.4, 0.5) is 5.69 Å². The van der Waals surface area contributed by atoms with Gasteiger partial charge in [-0.05, 0) is 42.5 Å². The fourth-order valence-electron chi connectivity index (χ4n) is 1.47. The van der Waals surface area contributed by atoms with Crippen LogP contribution in [0.5, 0.6) is 5.75 Å². The van der Waals surface area contributed by atoms with Gasteiger partial charge in [-0.1, -0.05) is 23.2 Å². The molecule has 0 saturated heterocycles. The first kappa shape index (κ1) is 14.4. The van der Waals surface area contributed by atoms with Gasteiger partial charge in [0.1, 0.15) is 5.75 Å². The summed E-state index contributed by atoms with van der Waals surface area (Å²) in [5, 5.41) is 1.14. The maximum absolute atomic E-state index is 6.01. The van der Waals surface area contributed by atoms with Crippen LogP contribution in [0.25, 0.3) is 0 Å². The third-order valence-corrected chi connectivity index (χ3v) is 3.89. The molecule has 2 nitrogen and oxygen atoms in total. The Labute approximate surface area is 126 Å². The van der Waals surface area contributed by atoms with Gasteiger partial charge in [-0.2, -0.15) is 0 Å². The second-order valence-electron chi connectivity index (χ2n) is 3.84. The van der Waals surface area contributed by atoms with Crippen molar-refractivity contribution in [1.82, 2.24) is 0 Å². The highest BCUT2D eigenvalue weighted by atomic mass is 35.5. The van der Waals surface area contributed by atoms with Crippen molar-refractivity contribution in [2.24, 2.45) is 0 Å². The summed E-state index contributed by atoms with van der Waals surface area (Å²) < 4.78 is 5.60. The van der Waals surface area contributed by atoms with E-state index in [2.05, 4.69) is 0 Å². The molecule has 0 bridgehead atoms. The summed E-state index contributed by atoms with van der Waals surface area (Å²) in [7, 11) is 0. The molecule has 19 heavy (non-hydrogen) atoms. The molecule has 2 aromatic rings. The number of benzene rings is 2. The summed E-state index contributed by atoms with van der Waals surface area (Å²) >= 11 is 13.5. The van der Waals surface area contributed by atoms with E-state index in [0.29, 0.717) is 22.4 Å². The molecule has 0 aliphatic carbocycles. The highest BCUT2D eigenvalue weighted by Gasteiger charge is 2.02. The second-order valence-corrected chi connectivity index (χ2v) is 5.85. The van der Waals surface area contributed by atoms with E-state index >= 15 is 0 Å². The van der Waals surface area contributed by atoms with E-state index < -0.39 is 0 Å². The van der Waals surface area contributed by atoms with E-state index in [0.717, 1.165) is 11.4 Å². The van der Waals surface area contributed by atoms with Gasteiger partial charge in [-0.25, -0.2) is 0 Å². The first-order valence-electron chi connectivity index (χ1n) is 5.71. The smallest absolute Gasteiger partial charge is 0.138 e. The maximum atomic E-state index is 6.01. The molecule has 5 heteroatoms. The van der Waals surface area contributed by atoms with Gasteiger partial charge in [-0.3, -0.25) is 0 Å². The first-order chi connectivity index (χ1) is 9.15. The van der Waals surface area contributed by atoms with Crippen molar-refractivity contribution in [3.63, 3.8) is 0 Å². The van der Waals surface area contributed by atoms with Crippen LogP contribution in [0.3, 0.4) is 0 Å². The Morgan fingerprint density at radius 2 is 1.79 bits per heavy atom. The molecular weight excluding hydrogens is 301 g/mol. The maximum Gasteiger partial charge on any atom is 0.138 e. The number of halogens is 2. The van der Waals surface area contributed by atoms with Gasteiger partial charge in [0.05, 0.1) is 11.6 Å². The quantitative estimate of drug-likeness (QED) is 0.491. The monoisotopic (exact) mass is 313 g/mol. The number of thioether (sulfide) groups is 1. The van der Waals surface area contributed by atoms with Crippen molar-refractivity contribution in [3.05, 3.63) is 52.5 Å². The molecule has 0 aromatic heterocycles. The van der Waals surface area contributed by atoms with Crippen molar-refractivity contribution in [2.75, 3.05) is 18.1 Å². The largest absolute Gasteiger partial charge is 0.491 e. The topological polar surface area (TPSA) is 35.2 Å². The SMILES string of the molecule is Nc1ccc(SCCOc2ccc(Cl)cc2Cl)cc1. The predicted molar refractivity (Wildman–Crippen MR) is 83.5 cm³/mol. The van der Waals surface area contributed by atoms with Crippen molar-refractivity contribution in [1.29, 1.82) is 0 Å². The molecule has 0 atom stereocenters. The molecule has 2 rings (SSSR count). The Bertz CT molecular complexity index is 546. The average molecular weight is 314 g/mol. The minimum Gasteiger partial charge on any atom is -0.491 e. The fraction of sp³-hybridized carbons (Fsp3) is 0.143. The third kappa shape index (κ3) is 4.53. The Morgan fingerprint density at radius 3 is 2.47 bits per heavy atom. The van der Waals surface area contributed by atoms with Crippen molar-refractivity contribution in [2.45, 2.75) is 4.90 Å². The average Bonchev–Trinajstić information content (AvgIpc) is 2.39. The Hall–Kier alpha value is -1.03. The van der Waals surface area contributed by atoms with E-state index in [1.807, 2.05) is 24.3 Å².